The third-order valence-corrected chi connectivity index (χ3v) is 3.59. The topological polar surface area (TPSA) is 17.8 Å². The quantitative estimate of drug-likeness (QED) is 0.780. The zero-order valence-electron chi connectivity index (χ0n) is 11.4. The summed E-state index contributed by atoms with van der Waals surface area (Å²) >= 11 is 0. The predicted molar refractivity (Wildman–Crippen MR) is 73.1 cm³/mol. The molecule has 2 heteroatoms. The Labute approximate surface area is 104 Å². The van der Waals surface area contributed by atoms with Gasteiger partial charge in [0.05, 0.1) is 11.7 Å². The monoisotopic (exact) mass is 230 g/mol. The largest absolute Gasteiger partial charge is 0.268 e. The Morgan fingerprint density at radius 1 is 1.06 bits per heavy atom. The Kier molecular flexibility index (Phi) is 3.23. The summed E-state index contributed by atoms with van der Waals surface area (Å²) in [5.74, 6) is 1.95. The number of benzene rings is 1. The smallest absolute Gasteiger partial charge is 0.0681 e. The Bertz CT molecular complexity index is 501. The highest BCUT2D eigenvalue weighted by atomic mass is 15.2. The van der Waals surface area contributed by atoms with E-state index in [0.29, 0.717) is 17.8 Å². The minimum atomic E-state index is 0.620. The standard InChI is InChI=1S/C15H22N2/c1-10(2)15(11(3)4)12-6-7-13-9-16-17(5)14(13)8-12/h6-11,15H,1-5H3. The van der Waals surface area contributed by atoms with Crippen molar-refractivity contribution >= 4 is 10.9 Å². The van der Waals surface area contributed by atoms with Gasteiger partial charge in [-0.25, -0.2) is 0 Å². The molecule has 0 N–H and O–H groups in total. The van der Waals surface area contributed by atoms with Crippen LogP contribution in [0, 0.1) is 11.8 Å². The SMILES string of the molecule is CC(C)C(c1ccc2cnn(C)c2c1)C(C)C. The molecule has 0 fully saturated rings. The molecule has 2 aromatic rings. The van der Waals surface area contributed by atoms with Gasteiger partial charge in [-0.05, 0) is 29.4 Å². The van der Waals surface area contributed by atoms with E-state index in [1.165, 1.54) is 16.5 Å². The van der Waals surface area contributed by atoms with Gasteiger partial charge in [0.25, 0.3) is 0 Å². The molecule has 0 atom stereocenters. The second kappa shape index (κ2) is 4.52. The van der Waals surface area contributed by atoms with Crippen LogP contribution < -0.4 is 0 Å². The summed E-state index contributed by atoms with van der Waals surface area (Å²) in [7, 11) is 2.01. The summed E-state index contributed by atoms with van der Waals surface area (Å²) in [5, 5.41) is 5.53. The minimum Gasteiger partial charge on any atom is -0.268 e. The Morgan fingerprint density at radius 3 is 2.29 bits per heavy atom. The molecule has 1 aromatic carbocycles. The molecule has 0 aliphatic rings. The second-order valence-corrected chi connectivity index (χ2v) is 5.60. The lowest BCUT2D eigenvalue weighted by Crippen LogP contribution is -2.13. The minimum absolute atomic E-state index is 0.620. The molecule has 2 rings (SSSR count). The Morgan fingerprint density at radius 2 is 1.71 bits per heavy atom. The number of aryl methyl sites for hydroxylation is 1. The van der Waals surface area contributed by atoms with Gasteiger partial charge >= 0.3 is 0 Å². The van der Waals surface area contributed by atoms with Crippen LogP contribution in [0.2, 0.25) is 0 Å². The molecule has 0 unspecified atom stereocenters. The lowest BCUT2D eigenvalue weighted by Gasteiger charge is -2.25. The molecule has 0 amide bonds. The molecular weight excluding hydrogens is 208 g/mol. The first-order valence-corrected chi connectivity index (χ1v) is 6.42. The lowest BCUT2D eigenvalue weighted by molar-refractivity contribution is 0.388. The fourth-order valence-electron chi connectivity index (χ4n) is 2.91. The number of rotatable bonds is 3. The number of hydrogen-bond donors (Lipinski definition) is 0. The van der Waals surface area contributed by atoms with Gasteiger partial charge in [0.15, 0.2) is 0 Å². The third-order valence-electron chi connectivity index (χ3n) is 3.59. The lowest BCUT2D eigenvalue weighted by atomic mass is 9.80. The van der Waals surface area contributed by atoms with E-state index in [-0.39, 0.29) is 0 Å². The molecule has 0 aliphatic carbocycles. The number of nitrogens with zero attached hydrogens (tertiary/aromatic N) is 2. The Balaban J connectivity index is 2.50. The zero-order valence-corrected chi connectivity index (χ0v) is 11.4. The van der Waals surface area contributed by atoms with E-state index >= 15 is 0 Å². The van der Waals surface area contributed by atoms with E-state index in [9.17, 15) is 0 Å². The van der Waals surface area contributed by atoms with Crippen LogP contribution in [0.25, 0.3) is 10.9 Å². The molecule has 1 heterocycles. The molecule has 2 nitrogen and oxygen atoms in total. The predicted octanol–water partition coefficient (Wildman–Crippen LogP) is 3.97. The summed E-state index contributed by atoms with van der Waals surface area (Å²) in [5.41, 5.74) is 2.67. The van der Waals surface area contributed by atoms with Crippen molar-refractivity contribution in [2.45, 2.75) is 33.6 Å². The summed E-state index contributed by atoms with van der Waals surface area (Å²) in [6.45, 7) is 9.21. The number of fused-ring (bicyclic) bond motifs is 1. The molecule has 0 bridgehead atoms. The summed E-state index contributed by atoms with van der Waals surface area (Å²) < 4.78 is 1.95. The van der Waals surface area contributed by atoms with Crippen LogP contribution in [0.5, 0.6) is 0 Å². The molecule has 17 heavy (non-hydrogen) atoms. The average Bonchev–Trinajstić information content (AvgIpc) is 2.59. The van der Waals surface area contributed by atoms with Gasteiger partial charge in [-0.3, -0.25) is 4.68 Å². The highest BCUT2D eigenvalue weighted by Gasteiger charge is 2.20. The maximum absolute atomic E-state index is 4.30. The van der Waals surface area contributed by atoms with Gasteiger partial charge in [-0.2, -0.15) is 5.10 Å². The van der Waals surface area contributed by atoms with Crippen molar-refractivity contribution in [3.8, 4) is 0 Å². The fourth-order valence-corrected chi connectivity index (χ4v) is 2.91. The van der Waals surface area contributed by atoms with E-state index in [0.717, 1.165) is 0 Å². The van der Waals surface area contributed by atoms with Gasteiger partial charge in [0.1, 0.15) is 0 Å². The van der Waals surface area contributed by atoms with E-state index in [1.54, 1.807) is 0 Å². The van der Waals surface area contributed by atoms with Gasteiger partial charge in [-0.15, -0.1) is 0 Å². The molecule has 92 valence electrons. The maximum Gasteiger partial charge on any atom is 0.0681 e. The van der Waals surface area contributed by atoms with Crippen LogP contribution in [0.1, 0.15) is 39.2 Å². The first kappa shape index (κ1) is 12.2. The maximum atomic E-state index is 4.30. The summed E-state index contributed by atoms with van der Waals surface area (Å²) in [6.07, 6.45) is 1.93. The van der Waals surface area contributed by atoms with E-state index in [2.05, 4.69) is 51.0 Å². The number of aromatic nitrogens is 2. The molecule has 0 spiro atoms. The van der Waals surface area contributed by atoms with Gasteiger partial charge in [0.2, 0.25) is 0 Å². The first-order chi connectivity index (χ1) is 8.00. The van der Waals surface area contributed by atoms with Gasteiger partial charge in [0, 0.05) is 12.4 Å². The molecular formula is C15H22N2. The molecule has 0 saturated heterocycles. The first-order valence-electron chi connectivity index (χ1n) is 6.42. The van der Waals surface area contributed by atoms with Crippen molar-refractivity contribution in [2.75, 3.05) is 0 Å². The van der Waals surface area contributed by atoms with Crippen molar-refractivity contribution in [2.24, 2.45) is 18.9 Å². The van der Waals surface area contributed by atoms with E-state index in [4.69, 9.17) is 0 Å². The van der Waals surface area contributed by atoms with E-state index < -0.39 is 0 Å². The number of hydrogen-bond acceptors (Lipinski definition) is 1. The van der Waals surface area contributed by atoms with Crippen molar-refractivity contribution in [1.29, 1.82) is 0 Å². The van der Waals surface area contributed by atoms with Crippen molar-refractivity contribution < 1.29 is 0 Å². The van der Waals surface area contributed by atoms with Gasteiger partial charge < -0.3 is 0 Å². The summed E-state index contributed by atoms with van der Waals surface area (Å²) in [4.78, 5) is 0. The van der Waals surface area contributed by atoms with Crippen molar-refractivity contribution in [1.82, 2.24) is 9.78 Å². The van der Waals surface area contributed by atoms with Crippen LogP contribution in [0.15, 0.2) is 24.4 Å². The molecule has 0 aliphatic heterocycles. The zero-order chi connectivity index (χ0) is 12.6. The fraction of sp³-hybridized carbons (Fsp3) is 0.533. The van der Waals surface area contributed by atoms with Crippen LogP contribution in [-0.2, 0) is 7.05 Å². The van der Waals surface area contributed by atoms with Crippen LogP contribution in [0.3, 0.4) is 0 Å². The van der Waals surface area contributed by atoms with Crippen LogP contribution in [0.4, 0.5) is 0 Å². The van der Waals surface area contributed by atoms with E-state index in [1.807, 2.05) is 17.9 Å². The van der Waals surface area contributed by atoms with Crippen molar-refractivity contribution in [3.63, 3.8) is 0 Å². The van der Waals surface area contributed by atoms with Gasteiger partial charge in [-0.1, -0.05) is 39.8 Å². The Hall–Kier alpha value is -1.31. The average molecular weight is 230 g/mol. The highest BCUT2D eigenvalue weighted by molar-refractivity contribution is 5.79. The second-order valence-electron chi connectivity index (χ2n) is 5.60. The third kappa shape index (κ3) is 2.21. The molecule has 0 radical (unpaired) electrons. The van der Waals surface area contributed by atoms with Crippen LogP contribution in [-0.4, -0.2) is 9.78 Å². The van der Waals surface area contributed by atoms with Crippen LogP contribution >= 0.6 is 0 Å². The highest BCUT2D eigenvalue weighted by Crippen LogP contribution is 2.33. The molecule has 0 saturated carbocycles. The van der Waals surface area contributed by atoms with Crippen molar-refractivity contribution in [3.05, 3.63) is 30.0 Å². The molecule has 1 aromatic heterocycles. The summed E-state index contributed by atoms with van der Waals surface area (Å²) in [6, 6.07) is 6.75. The normalized spacial score (nSPS) is 12.2.